The Labute approximate surface area is 107 Å². The van der Waals surface area contributed by atoms with E-state index in [-0.39, 0.29) is 5.91 Å². The lowest BCUT2D eigenvalue weighted by Gasteiger charge is -2.27. The Kier molecular flexibility index (Phi) is 4.15. The van der Waals surface area contributed by atoms with Gasteiger partial charge in [-0.2, -0.15) is 0 Å². The zero-order valence-corrected chi connectivity index (χ0v) is 10.6. The molecule has 0 spiro atoms. The molecule has 2 heterocycles. The number of pyridine rings is 1. The third-order valence-electron chi connectivity index (χ3n) is 3.26. The van der Waals surface area contributed by atoms with Gasteiger partial charge in [-0.15, -0.1) is 0 Å². The number of nitrogen functional groups attached to an aromatic ring is 1. The van der Waals surface area contributed by atoms with Crippen molar-refractivity contribution in [2.24, 2.45) is 5.92 Å². The number of anilines is 1. The molecule has 2 rings (SSSR count). The van der Waals surface area contributed by atoms with Crippen LogP contribution in [0.5, 0.6) is 0 Å². The van der Waals surface area contributed by atoms with Crippen LogP contribution in [0.15, 0.2) is 18.3 Å². The van der Waals surface area contributed by atoms with Gasteiger partial charge in [-0.3, -0.25) is 4.79 Å². The van der Waals surface area contributed by atoms with Crippen molar-refractivity contribution in [3.05, 3.63) is 24.0 Å². The molecule has 98 valence electrons. The van der Waals surface area contributed by atoms with Gasteiger partial charge >= 0.3 is 0 Å². The second kappa shape index (κ2) is 5.82. The van der Waals surface area contributed by atoms with Gasteiger partial charge in [0.15, 0.2) is 5.69 Å². The summed E-state index contributed by atoms with van der Waals surface area (Å²) in [6.45, 7) is 2.31. The topological polar surface area (TPSA) is 68.5 Å². The van der Waals surface area contributed by atoms with Gasteiger partial charge in [-0.1, -0.05) is 0 Å². The van der Waals surface area contributed by atoms with Crippen molar-refractivity contribution in [1.29, 1.82) is 0 Å². The molecule has 1 aromatic heterocycles. The summed E-state index contributed by atoms with van der Waals surface area (Å²) in [6.07, 6.45) is 3.61. The van der Waals surface area contributed by atoms with Crippen molar-refractivity contribution in [2.45, 2.75) is 12.8 Å². The fourth-order valence-corrected chi connectivity index (χ4v) is 2.18. The number of carbonyl (C=O) groups is 1. The van der Waals surface area contributed by atoms with Crippen LogP contribution in [0.1, 0.15) is 23.3 Å². The molecule has 0 aromatic carbocycles. The first-order chi connectivity index (χ1) is 8.68. The molecule has 5 heteroatoms. The predicted molar refractivity (Wildman–Crippen MR) is 69.2 cm³/mol. The zero-order chi connectivity index (χ0) is 13.0. The summed E-state index contributed by atoms with van der Waals surface area (Å²) in [5, 5.41) is 0. The maximum absolute atomic E-state index is 12.2. The summed E-state index contributed by atoms with van der Waals surface area (Å²) in [5.74, 6) is 0.400. The Hall–Kier alpha value is -1.62. The minimum absolute atomic E-state index is 0.111. The number of aromatic nitrogens is 1. The molecule has 5 nitrogen and oxygen atoms in total. The lowest BCUT2D eigenvalue weighted by molar-refractivity contribution is 0.0495. The highest BCUT2D eigenvalue weighted by atomic mass is 16.5. The second-order valence-electron chi connectivity index (χ2n) is 4.68. The summed E-state index contributed by atoms with van der Waals surface area (Å²) >= 11 is 0. The van der Waals surface area contributed by atoms with Crippen LogP contribution in [-0.4, -0.2) is 42.6 Å². The Morgan fingerprint density at radius 2 is 2.28 bits per heavy atom. The molecule has 18 heavy (non-hydrogen) atoms. The lowest BCUT2D eigenvalue weighted by atomic mass is 10.00. The molecule has 1 saturated heterocycles. The summed E-state index contributed by atoms with van der Waals surface area (Å²) < 4.78 is 5.31. The minimum atomic E-state index is -0.111. The van der Waals surface area contributed by atoms with Crippen molar-refractivity contribution >= 4 is 11.6 Å². The third kappa shape index (κ3) is 2.98. The molecule has 0 bridgehead atoms. The third-order valence-corrected chi connectivity index (χ3v) is 3.26. The molecule has 0 saturated carbocycles. The van der Waals surface area contributed by atoms with Gasteiger partial charge in [0, 0.05) is 33.0 Å². The average Bonchev–Trinajstić information content (AvgIpc) is 2.39. The van der Waals surface area contributed by atoms with E-state index in [1.165, 1.54) is 0 Å². The van der Waals surface area contributed by atoms with Crippen LogP contribution in [-0.2, 0) is 4.74 Å². The van der Waals surface area contributed by atoms with Crippen LogP contribution < -0.4 is 5.73 Å². The normalized spacial score (nSPS) is 16.5. The molecule has 0 unspecified atom stereocenters. The summed E-state index contributed by atoms with van der Waals surface area (Å²) in [5.41, 5.74) is 6.53. The fraction of sp³-hybridized carbons (Fsp3) is 0.538. The number of rotatable bonds is 3. The molecular formula is C13H19N3O2. The van der Waals surface area contributed by atoms with E-state index < -0.39 is 0 Å². The summed E-state index contributed by atoms with van der Waals surface area (Å²) in [7, 11) is 1.80. The number of hydrogen-bond donors (Lipinski definition) is 1. The second-order valence-corrected chi connectivity index (χ2v) is 4.68. The number of nitrogens with zero attached hydrogens (tertiary/aromatic N) is 2. The number of carbonyl (C=O) groups excluding carboxylic acids is 1. The molecule has 2 N–H and O–H groups in total. The number of hydrogen-bond acceptors (Lipinski definition) is 4. The van der Waals surface area contributed by atoms with E-state index in [2.05, 4.69) is 4.98 Å². The van der Waals surface area contributed by atoms with E-state index in [1.807, 2.05) is 0 Å². The Morgan fingerprint density at radius 3 is 2.94 bits per heavy atom. The zero-order valence-electron chi connectivity index (χ0n) is 10.6. The SMILES string of the molecule is CN(CC1CCOCC1)C(=O)c1ncccc1N. The van der Waals surface area contributed by atoms with E-state index in [0.717, 1.165) is 32.6 Å². The molecule has 1 fully saturated rings. The highest BCUT2D eigenvalue weighted by Crippen LogP contribution is 2.17. The van der Waals surface area contributed by atoms with Gasteiger partial charge in [-0.25, -0.2) is 4.98 Å². The van der Waals surface area contributed by atoms with Gasteiger partial charge in [0.2, 0.25) is 0 Å². The minimum Gasteiger partial charge on any atom is -0.397 e. The molecule has 1 aliphatic rings. The van der Waals surface area contributed by atoms with E-state index >= 15 is 0 Å². The standard InChI is InChI=1S/C13H19N3O2/c1-16(9-10-4-7-18-8-5-10)13(17)12-11(14)3-2-6-15-12/h2-3,6,10H,4-5,7-9,14H2,1H3. The van der Waals surface area contributed by atoms with Crippen molar-refractivity contribution in [3.63, 3.8) is 0 Å². The molecule has 0 radical (unpaired) electrons. The Balaban J connectivity index is 1.98. The molecular weight excluding hydrogens is 230 g/mol. The van der Waals surface area contributed by atoms with Crippen LogP contribution in [0.4, 0.5) is 5.69 Å². The highest BCUT2D eigenvalue weighted by Gasteiger charge is 2.21. The summed E-state index contributed by atoms with van der Waals surface area (Å²) in [4.78, 5) is 17.9. The van der Waals surface area contributed by atoms with E-state index in [1.54, 1.807) is 30.3 Å². The van der Waals surface area contributed by atoms with Crippen molar-refractivity contribution in [3.8, 4) is 0 Å². The van der Waals surface area contributed by atoms with Crippen LogP contribution >= 0.6 is 0 Å². The van der Waals surface area contributed by atoms with E-state index in [0.29, 0.717) is 17.3 Å². The van der Waals surface area contributed by atoms with E-state index in [9.17, 15) is 4.79 Å². The molecule has 1 aromatic rings. The van der Waals surface area contributed by atoms with Crippen LogP contribution in [0.25, 0.3) is 0 Å². The Morgan fingerprint density at radius 1 is 1.56 bits per heavy atom. The first-order valence-corrected chi connectivity index (χ1v) is 6.22. The predicted octanol–water partition coefficient (Wildman–Crippen LogP) is 1.16. The average molecular weight is 249 g/mol. The van der Waals surface area contributed by atoms with Crippen LogP contribution in [0.2, 0.25) is 0 Å². The maximum atomic E-state index is 12.2. The maximum Gasteiger partial charge on any atom is 0.274 e. The summed E-state index contributed by atoms with van der Waals surface area (Å²) in [6, 6.07) is 3.42. The molecule has 1 amide bonds. The van der Waals surface area contributed by atoms with Gasteiger partial charge in [0.05, 0.1) is 5.69 Å². The number of nitrogens with two attached hydrogens (primary N) is 1. The van der Waals surface area contributed by atoms with Crippen molar-refractivity contribution in [1.82, 2.24) is 9.88 Å². The van der Waals surface area contributed by atoms with Crippen molar-refractivity contribution < 1.29 is 9.53 Å². The smallest absolute Gasteiger partial charge is 0.274 e. The fourth-order valence-electron chi connectivity index (χ4n) is 2.18. The number of ether oxygens (including phenoxy) is 1. The molecule has 0 atom stereocenters. The molecule has 1 aliphatic heterocycles. The Bertz CT molecular complexity index is 416. The first-order valence-electron chi connectivity index (χ1n) is 6.22. The lowest BCUT2D eigenvalue weighted by Crippen LogP contribution is -2.34. The largest absolute Gasteiger partial charge is 0.397 e. The van der Waals surface area contributed by atoms with Gasteiger partial charge < -0.3 is 15.4 Å². The van der Waals surface area contributed by atoms with Gasteiger partial charge in [-0.05, 0) is 30.9 Å². The van der Waals surface area contributed by atoms with E-state index in [4.69, 9.17) is 10.5 Å². The van der Waals surface area contributed by atoms with Crippen LogP contribution in [0.3, 0.4) is 0 Å². The van der Waals surface area contributed by atoms with Crippen LogP contribution in [0, 0.1) is 5.92 Å². The monoisotopic (exact) mass is 249 g/mol. The van der Waals surface area contributed by atoms with Gasteiger partial charge in [0.1, 0.15) is 0 Å². The van der Waals surface area contributed by atoms with Crippen molar-refractivity contribution in [2.75, 3.05) is 32.5 Å². The quantitative estimate of drug-likeness (QED) is 0.873. The highest BCUT2D eigenvalue weighted by molar-refractivity contribution is 5.96. The number of amides is 1. The van der Waals surface area contributed by atoms with Gasteiger partial charge in [0.25, 0.3) is 5.91 Å². The first kappa shape index (κ1) is 12.8. The molecule has 0 aliphatic carbocycles.